The minimum absolute atomic E-state index is 0.0592. The molecular formula is C18H24FN5O. The van der Waals surface area contributed by atoms with Gasteiger partial charge in [-0.25, -0.2) is 4.39 Å². The topological polar surface area (TPSA) is 63.1 Å². The Morgan fingerprint density at radius 3 is 2.84 bits per heavy atom. The molecule has 1 saturated heterocycles. The van der Waals surface area contributed by atoms with Crippen LogP contribution < -0.4 is 5.32 Å². The number of carbonyl (C=O) groups excluding carboxylic acids is 1. The molecule has 134 valence electrons. The summed E-state index contributed by atoms with van der Waals surface area (Å²) in [4.78, 5) is 14.8. The minimum Gasteiger partial charge on any atom is -0.354 e. The maximum Gasteiger partial charge on any atom is 0.237 e. The van der Waals surface area contributed by atoms with Crippen LogP contribution >= 0.6 is 0 Å². The molecule has 0 bridgehead atoms. The van der Waals surface area contributed by atoms with Crippen molar-refractivity contribution in [2.24, 2.45) is 7.05 Å². The van der Waals surface area contributed by atoms with Crippen LogP contribution in [-0.4, -0.2) is 44.7 Å². The first kappa shape index (κ1) is 17.5. The lowest BCUT2D eigenvalue weighted by Crippen LogP contribution is -2.49. The summed E-state index contributed by atoms with van der Waals surface area (Å²) in [6, 6.07) is 6.38. The number of rotatable bonds is 6. The van der Waals surface area contributed by atoms with Crippen molar-refractivity contribution in [3.8, 4) is 0 Å². The number of aromatic nitrogens is 3. The van der Waals surface area contributed by atoms with E-state index in [4.69, 9.17) is 0 Å². The van der Waals surface area contributed by atoms with Crippen LogP contribution in [0.2, 0.25) is 0 Å². The van der Waals surface area contributed by atoms with Gasteiger partial charge in [-0.1, -0.05) is 18.6 Å². The van der Waals surface area contributed by atoms with Crippen molar-refractivity contribution < 1.29 is 9.18 Å². The Labute approximate surface area is 147 Å². The standard InChI is InChI=1S/C18H24FN5O/c1-23-13-21-22-17(23)9-10-20-18(25)16-4-2-3-11-24(16)12-14-5-7-15(19)8-6-14/h5-8,13,16H,2-4,9-12H2,1H3,(H,20,25)/t16-/m1/s1. The lowest BCUT2D eigenvalue weighted by atomic mass is 10.0. The van der Waals surface area contributed by atoms with Gasteiger partial charge in [0.2, 0.25) is 5.91 Å². The van der Waals surface area contributed by atoms with Crippen molar-refractivity contribution in [3.63, 3.8) is 0 Å². The molecule has 0 radical (unpaired) electrons. The van der Waals surface area contributed by atoms with E-state index in [9.17, 15) is 9.18 Å². The number of aryl methyl sites for hydroxylation is 1. The molecule has 3 rings (SSSR count). The van der Waals surface area contributed by atoms with E-state index in [1.807, 2.05) is 11.6 Å². The Balaban J connectivity index is 1.55. The van der Waals surface area contributed by atoms with Crippen LogP contribution in [0.25, 0.3) is 0 Å². The van der Waals surface area contributed by atoms with Gasteiger partial charge in [-0.2, -0.15) is 0 Å². The second-order valence-electron chi connectivity index (χ2n) is 6.51. The highest BCUT2D eigenvalue weighted by molar-refractivity contribution is 5.81. The monoisotopic (exact) mass is 345 g/mol. The number of hydrogen-bond donors (Lipinski definition) is 1. The number of halogens is 1. The predicted octanol–water partition coefficient (Wildman–Crippen LogP) is 1.67. The normalized spacial score (nSPS) is 18.2. The van der Waals surface area contributed by atoms with Crippen LogP contribution in [-0.2, 0) is 24.8 Å². The smallest absolute Gasteiger partial charge is 0.237 e. The molecule has 25 heavy (non-hydrogen) atoms. The van der Waals surface area contributed by atoms with Crippen LogP contribution in [0.5, 0.6) is 0 Å². The Kier molecular flexibility index (Phi) is 5.75. The van der Waals surface area contributed by atoms with Gasteiger partial charge in [0.25, 0.3) is 0 Å². The third kappa shape index (κ3) is 4.63. The summed E-state index contributed by atoms with van der Waals surface area (Å²) >= 11 is 0. The number of carbonyl (C=O) groups is 1. The Morgan fingerprint density at radius 1 is 1.32 bits per heavy atom. The van der Waals surface area contributed by atoms with Gasteiger partial charge in [0, 0.05) is 26.6 Å². The van der Waals surface area contributed by atoms with Crippen molar-refractivity contribution in [2.75, 3.05) is 13.1 Å². The molecule has 1 N–H and O–H groups in total. The average Bonchev–Trinajstić information content (AvgIpc) is 3.02. The third-order valence-electron chi connectivity index (χ3n) is 4.67. The van der Waals surface area contributed by atoms with Crippen LogP contribution in [0.1, 0.15) is 30.7 Å². The zero-order valence-electron chi connectivity index (χ0n) is 14.5. The second kappa shape index (κ2) is 8.20. The van der Waals surface area contributed by atoms with Crippen molar-refractivity contribution in [1.29, 1.82) is 0 Å². The molecule has 6 nitrogen and oxygen atoms in total. The molecule has 0 unspecified atom stereocenters. The van der Waals surface area contributed by atoms with Crippen molar-refractivity contribution in [3.05, 3.63) is 47.8 Å². The summed E-state index contributed by atoms with van der Waals surface area (Å²) < 4.78 is 14.9. The molecule has 2 aromatic rings. The molecule has 1 fully saturated rings. The van der Waals surface area contributed by atoms with E-state index in [1.165, 1.54) is 12.1 Å². The van der Waals surface area contributed by atoms with Crippen molar-refractivity contribution in [1.82, 2.24) is 25.0 Å². The minimum atomic E-state index is -0.236. The summed E-state index contributed by atoms with van der Waals surface area (Å²) in [7, 11) is 1.89. The summed E-state index contributed by atoms with van der Waals surface area (Å²) in [6.45, 7) is 2.10. The molecule has 1 aliphatic heterocycles. The fourth-order valence-corrected chi connectivity index (χ4v) is 3.25. The van der Waals surface area contributed by atoms with Gasteiger partial charge in [-0.15, -0.1) is 10.2 Å². The first-order valence-corrected chi connectivity index (χ1v) is 8.72. The quantitative estimate of drug-likeness (QED) is 0.865. The molecule has 0 aliphatic carbocycles. The highest BCUT2D eigenvalue weighted by Crippen LogP contribution is 2.20. The lowest BCUT2D eigenvalue weighted by Gasteiger charge is -2.34. The number of hydrogen-bond acceptors (Lipinski definition) is 4. The van der Waals surface area contributed by atoms with Gasteiger partial charge in [0.15, 0.2) is 0 Å². The number of piperidine rings is 1. The summed E-state index contributed by atoms with van der Waals surface area (Å²) in [5, 5.41) is 10.9. The van der Waals surface area contributed by atoms with Crippen molar-refractivity contribution >= 4 is 5.91 Å². The van der Waals surface area contributed by atoms with Crippen LogP contribution in [0, 0.1) is 5.82 Å². The van der Waals surface area contributed by atoms with E-state index in [-0.39, 0.29) is 17.8 Å². The van der Waals surface area contributed by atoms with E-state index in [2.05, 4.69) is 20.4 Å². The van der Waals surface area contributed by atoms with Gasteiger partial charge in [-0.05, 0) is 37.1 Å². The third-order valence-corrected chi connectivity index (χ3v) is 4.67. The van der Waals surface area contributed by atoms with Crippen molar-refractivity contribution in [2.45, 2.75) is 38.3 Å². The zero-order chi connectivity index (χ0) is 17.6. The maximum absolute atomic E-state index is 13.1. The van der Waals surface area contributed by atoms with E-state index in [0.29, 0.717) is 19.5 Å². The molecule has 0 saturated carbocycles. The van der Waals surface area contributed by atoms with Crippen LogP contribution in [0.15, 0.2) is 30.6 Å². The average molecular weight is 345 g/mol. The van der Waals surface area contributed by atoms with Gasteiger partial charge in [-0.3, -0.25) is 9.69 Å². The SMILES string of the molecule is Cn1cnnc1CCNC(=O)[C@H]1CCCCN1Cc1ccc(F)cc1. The number of amides is 1. The maximum atomic E-state index is 13.1. The van der Waals surface area contributed by atoms with E-state index >= 15 is 0 Å². The van der Waals surface area contributed by atoms with E-state index < -0.39 is 0 Å². The largest absolute Gasteiger partial charge is 0.354 e. The summed E-state index contributed by atoms with van der Waals surface area (Å²) in [6.07, 6.45) is 5.32. The molecule has 1 aromatic heterocycles. The van der Waals surface area contributed by atoms with Gasteiger partial charge in [0.1, 0.15) is 18.0 Å². The Bertz CT molecular complexity index is 700. The van der Waals surface area contributed by atoms with Gasteiger partial charge in [0.05, 0.1) is 6.04 Å². The van der Waals surface area contributed by atoms with Gasteiger partial charge < -0.3 is 9.88 Å². The number of benzene rings is 1. The summed E-state index contributed by atoms with van der Waals surface area (Å²) in [5.41, 5.74) is 1.03. The molecule has 0 spiro atoms. The van der Waals surface area contributed by atoms with Gasteiger partial charge >= 0.3 is 0 Å². The molecule has 7 heteroatoms. The summed E-state index contributed by atoms with van der Waals surface area (Å²) in [5.74, 6) is 0.677. The van der Waals surface area contributed by atoms with Crippen LogP contribution in [0.3, 0.4) is 0 Å². The molecule has 1 aliphatic rings. The first-order valence-electron chi connectivity index (χ1n) is 8.72. The predicted molar refractivity (Wildman–Crippen MR) is 92.2 cm³/mol. The fraction of sp³-hybridized carbons (Fsp3) is 0.500. The molecular weight excluding hydrogens is 321 g/mol. The number of nitrogens with zero attached hydrogens (tertiary/aromatic N) is 4. The lowest BCUT2D eigenvalue weighted by molar-refractivity contribution is -0.127. The highest BCUT2D eigenvalue weighted by Gasteiger charge is 2.28. The van der Waals surface area contributed by atoms with Crippen LogP contribution in [0.4, 0.5) is 4.39 Å². The molecule has 2 heterocycles. The second-order valence-corrected chi connectivity index (χ2v) is 6.51. The number of likely N-dealkylation sites (tertiary alicyclic amines) is 1. The Morgan fingerprint density at radius 2 is 2.12 bits per heavy atom. The number of nitrogens with one attached hydrogen (secondary N) is 1. The fourth-order valence-electron chi connectivity index (χ4n) is 3.25. The zero-order valence-corrected chi connectivity index (χ0v) is 14.5. The Hall–Kier alpha value is -2.28. The highest BCUT2D eigenvalue weighted by atomic mass is 19.1. The van der Waals surface area contributed by atoms with E-state index in [1.54, 1.807) is 18.5 Å². The molecule has 1 atom stereocenters. The molecule has 1 aromatic carbocycles. The van der Waals surface area contributed by atoms with E-state index in [0.717, 1.165) is 37.2 Å². The first-order chi connectivity index (χ1) is 12.1. The molecule has 1 amide bonds.